The molecule has 108 valence electrons. The third kappa shape index (κ3) is 2.86. The zero-order valence-corrected chi connectivity index (χ0v) is 13.6. The third-order valence-corrected chi connectivity index (χ3v) is 5.98. The van der Waals surface area contributed by atoms with E-state index in [1.807, 2.05) is 14.0 Å². The molecule has 1 atom stereocenters. The summed E-state index contributed by atoms with van der Waals surface area (Å²) in [5, 5.41) is 1.12. The molecule has 0 radical (unpaired) electrons. The highest BCUT2D eigenvalue weighted by Gasteiger charge is 2.42. The predicted octanol–water partition coefficient (Wildman–Crippen LogP) is 3.91. The second kappa shape index (κ2) is 5.15. The Labute approximate surface area is 120 Å². The van der Waals surface area contributed by atoms with Crippen LogP contribution in [0.5, 0.6) is 0 Å². The molecule has 0 aromatic carbocycles. The van der Waals surface area contributed by atoms with Crippen LogP contribution in [-0.4, -0.2) is 12.1 Å². The van der Waals surface area contributed by atoms with Crippen LogP contribution in [-0.2, 0) is 10.3 Å². The summed E-state index contributed by atoms with van der Waals surface area (Å²) >= 11 is 1.74. The molecule has 1 aromatic heterocycles. The lowest BCUT2D eigenvalue weighted by molar-refractivity contribution is -0.0668. The summed E-state index contributed by atoms with van der Waals surface area (Å²) in [4.78, 5) is 5.95. The molecular formula is C15H26N2OS. The molecular weight excluding hydrogens is 256 g/mol. The molecule has 0 bridgehead atoms. The number of thiazole rings is 1. The average Bonchev–Trinajstić information content (AvgIpc) is 2.73. The Hall–Kier alpha value is -0.450. The second-order valence-electron chi connectivity index (χ2n) is 6.62. The lowest BCUT2D eigenvalue weighted by atomic mass is 9.71. The van der Waals surface area contributed by atoms with E-state index in [4.69, 9.17) is 15.5 Å². The van der Waals surface area contributed by atoms with Crippen molar-refractivity contribution in [1.82, 2.24) is 4.98 Å². The van der Waals surface area contributed by atoms with Crippen LogP contribution >= 0.6 is 11.3 Å². The smallest absolute Gasteiger partial charge is 0.125 e. The Bertz CT molecular complexity index is 441. The molecule has 1 heterocycles. The Morgan fingerprint density at radius 3 is 2.26 bits per heavy atom. The highest BCUT2D eigenvalue weighted by molar-refractivity contribution is 7.12. The number of hydrogen-bond donors (Lipinski definition) is 1. The summed E-state index contributed by atoms with van der Waals surface area (Å²) in [6.45, 7) is 8.75. The molecule has 1 saturated carbocycles. The van der Waals surface area contributed by atoms with Crippen molar-refractivity contribution in [2.75, 3.05) is 7.11 Å². The fourth-order valence-electron chi connectivity index (χ4n) is 2.86. The number of aryl methyl sites for hydroxylation is 1. The standard InChI is InChI=1S/C15H26N2OS/c1-10(16)12-11(2)17-13(19-12)15(18-5)8-6-14(3,4)7-9-15/h10H,6-9,16H2,1-5H3. The Morgan fingerprint density at radius 2 is 1.84 bits per heavy atom. The van der Waals surface area contributed by atoms with Crippen LogP contribution in [0.3, 0.4) is 0 Å². The summed E-state index contributed by atoms with van der Waals surface area (Å²) in [6, 6.07) is 0.0557. The first-order valence-electron chi connectivity index (χ1n) is 7.08. The molecule has 2 N–H and O–H groups in total. The second-order valence-corrected chi connectivity index (χ2v) is 7.65. The first kappa shape index (κ1) is 14.9. The van der Waals surface area contributed by atoms with E-state index >= 15 is 0 Å². The summed E-state index contributed by atoms with van der Waals surface area (Å²) in [7, 11) is 1.82. The summed E-state index contributed by atoms with van der Waals surface area (Å²) in [5.74, 6) is 0. The molecule has 0 spiro atoms. The lowest BCUT2D eigenvalue weighted by Gasteiger charge is -2.41. The number of ether oxygens (including phenoxy) is 1. The van der Waals surface area contributed by atoms with Gasteiger partial charge in [-0.05, 0) is 44.9 Å². The predicted molar refractivity (Wildman–Crippen MR) is 80.4 cm³/mol. The van der Waals surface area contributed by atoms with Gasteiger partial charge >= 0.3 is 0 Å². The largest absolute Gasteiger partial charge is 0.371 e. The van der Waals surface area contributed by atoms with Crippen molar-refractivity contribution < 1.29 is 4.74 Å². The highest BCUT2D eigenvalue weighted by Crippen LogP contribution is 2.48. The number of methoxy groups -OCH3 is 1. The zero-order chi connectivity index (χ0) is 14.3. The quantitative estimate of drug-likeness (QED) is 0.914. The van der Waals surface area contributed by atoms with Gasteiger partial charge in [-0.15, -0.1) is 11.3 Å². The van der Waals surface area contributed by atoms with E-state index in [-0.39, 0.29) is 11.6 Å². The molecule has 2 rings (SSSR count). The number of nitrogens with two attached hydrogens (primary N) is 1. The number of hydrogen-bond acceptors (Lipinski definition) is 4. The van der Waals surface area contributed by atoms with E-state index < -0.39 is 0 Å². The fraction of sp³-hybridized carbons (Fsp3) is 0.800. The molecule has 3 nitrogen and oxygen atoms in total. The number of nitrogens with zero attached hydrogens (tertiary/aromatic N) is 1. The Balaban J connectivity index is 2.30. The molecule has 1 unspecified atom stereocenters. The summed E-state index contributed by atoms with van der Waals surface area (Å²) in [6.07, 6.45) is 4.49. The minimum atomic E-state index is -0.182. The van der Waals surface area contributed by atoms with Crippen LogP contribution in [0.1, 0.15) is 68.1 Å². The van der Waals surface area contributed by atoms with Crippen LogP contribution < -0.4 is 5.73 Å². The Morgan fingerprint density at radius 1 is 1.26 bits per heavy atom. The monoisotopic (exact) mass is 282 g/mol. The maximum atomic E-state index is 6.01. The van der Waals surface area contributed by atoms with Gasteiger partial charge in [0.15, 0.2) is 0 Å². The molecule has 1 aromatic rings. The van der Waals surface area contributed by atoms with Gasteiger partial charge in [0.25, 0.3) is 0 Å². The van der Waals surface area contributed by atoms with Crippen molar-refractivity contribution >= 4 is 11.3 Å². The van der Waals surface area contributed by atoms with Gasteiger partial charge in [0.2, 0.25) is 0 Å². The van der Waals surface area contributed by atoms with Gasteiger partial charge in [-0.25, -0.2) is 4.98 Å². The minimum absolute atomic E-state index is 0.0557. The number of rotatable bonds is 3. The van der Waals surface area contributed by atoms with Crippen molar-refractivity contribution in [2.45, 2.75) is 65.0 Å². The van der Waals surface area contributed by atoms with Crippen LogP contribution in [0.25, 0.3) is 0 Å². The highest BCUT2D eigenvalue weighted by atomic mass is 32.1. The van der Waals surface area contributed by atoms with E-state index in [1.165, 1.54) is 17.7 Å². The SMILES string of the molecule is COC1(c2nc(C)c(C(C)N)s2)CCC(C)(C)CC1. The topological polar surface area (TPSA) is 48.1 Å². The molecule has 0 saturated heterocycles. The van der Waals surface area contributed by atoms with Gasteiger partial charge in [0.1, 0.15) is 10.6 Å². The van der Waals surface area contributed by atoms with Gasteiger partial charge in [-0.1, -0.05) is 13.8 Å². The van der Waals surface area contributed by atoms with Gasteiger partial charge in [-0.2, -0.15) is 0 Å². The van der Waals surface area contributed by atoms with Crippen molar-refractivity contribution in [3.63, 3.8) is 0 Å². The van der Waals surface area contributed by atoms with E-state index in [1.54, 1.807) is 11.3 Å². The van der Waals surface area contributed by atoms with E-state index in [9.17, 15) is 0 Å². The van der Waals surface area contributed by atoms with Crippen molar-refractivity contribution in [3.05, 3.63) is 15.6 Å². The number of aromatic nitrogens is 1. The van der Waals surface area contributed by atoms with Crippen LogP contribution in [0.2, 0.25) is 0 Å². The Kier molecular flexibility index (Phi) is 4.05. The van der Waals surface area contributed by atoms with E-state index in [0.717, 1.165) is 23.5 Å². The van der Waals surface area contributed by atoms with Crippen molar-refractivity contribution in [1.29, 1.82) is 0 Å². The fourth-order valence-corrected chi connectivity index (χ4v) is 4.11. The van der Waals surface area contributed by atoms with Crippen molar-refractivity contribution in [3.8, 4) is 0 Å². The van der Waals surface area contributed by atoms with Crippen LogP contribution in [0.4, 0.5) is 0 Å². The summed E-state index contributed by atoms with van der Waals surface area (Å²) < 4.78 is 5.91. The maximum Gasteiger partial charge on any atom is 0.125 e. The molecule has 1 fully saturated rings. The first-order valence-corrected chi connectivity index (χ1v) is 7.90. The first-order chi connectivity index (χ1) is 8.80. The van der Waals surface area contributed by atoms with Crippen LogP contribution in [0.15, 0.2) is 0 Å². The summed E-state index contributed by atoms with van der Waals surface area (Å²) in [5.41, 5.74) is 7.33. The average molecular weight is 282 g/mol. The third-order valence-electron chi connectivity index (χ3n) is 4.44. The molecule has 0 aliphatic heterocycles. The van der Waals surface area contributed by atoms with Crippen molar-refractivity contribution in [2.24, 2.45) is 11.1 Å². The molecule has 4 heteroatoms. The molecule has 1 aliphatic rings. The molecule has 0 amide bonds. The molecule has 1 aliphatic carbocycles. The minimum Gasteiger partial charge on any atom is -0.371 e. The van der Waals surface area contributed by atoms with Gasteiger partial charge in [-0.3, -0.25) is 0 Å². The lowest BCUT2D eigenvalue weighted by Crippen LogP contribution is -2.36. The maximum absolute atomic E-state index is 6.01. The van der Waals surface area contributed by atoms with E-state index in [0.29, 0.717) is 5.41 Å². The molecule has 19 heavy (non-hydrogen) atoms. The normalized spacial score (nSPS) is 23.3. The van der Waals surface area contributed by atoms with Gasteiger partial charge in [0, 0.05) is 18.0 Å². The van der Waals surface area contributed by atoms with E-state index in [2.05, 4.69) is 20.8 Å². The van der Waals surface area contributed by atoms with Crippen LogP contribution in [0, 0.1) is 12.3 Å². The van der Waals surface area contributed by atoms with Gasteiger partial charge < -0.3 is 10.5 Å². The zero-order valence-electron chi connectivity index (χ0n) is 12.7. The van der Waals surface area contributed by atoms with Gasteiger partial charge in [0.05, 0.1) is 5.69 Å².